The normalized spacial score (nSPS) is 18.3. The number of urea groups is 1. The Hall–Kier alpha value is -1.30. The Morgan fingerprint density at radius 3 is 2.68 bits per heavy atom. The minimum atomic E-state index is -0.742. The predicted molar refractivity (Wildman–Crippen MR) is 71.1 cm³/mol. The molecule has 1 heterocycles. The lowest BCUT2D eigenvalue weighted by atomic mass is 10.1. The number of aliphatic carboxylic acids is 1. The topological polar surface area (TPSA) is 78.9 Å². The van der Waals surface area contributed by atoms with Gasteiger partial charge in [0.05, 0.1) is 12.6 Å². The number of rotatable bonds is 8. The highest BCUT2D eigenvalue weighted by Crippen LogP contribution is 2.10. The Labute approximate surface area is 114 Å². The summed E-state index contributed by atoms with van der Waals surface area (Å²) in [6.45, 7) is 1.99. The second kappa shape index (κ2) is 8.74. The Kier molecular flexibility index (Phi) is 7.25. The molecule has 6 nitrogen and oxygen atoms in total. The predicted octanol–water partition coefficient (Wildman–Crippen LogP) is 1.45. The molecule has 1 atom stereocenters. The van der Waals surface area contributed by atoms with Crippen LogP contribution in [0.4, 0.5) is 4.79 Å². The smallest absolute Gasteiger partial charge is 0.317 e. The van der Waals surface area contributed by atoms with Crippen molar-refractivity contribution in [2.24, 2.45) is 0 Å². The first-order valence-corrected chi connectivity index (χ1v) is 6.91. The standard InChI is InChI=1S/C13H24N2O4/c1-15(11-7-9-19-10-11)13(18)14-8-5-3-2-4-6-12(16)17/h11H,2-10H2,1H3,(H,14,18)(H,16,17). The first-order valence-electron chi connectivity index (χ1n) is 6.91. The van der Waals surface area contributed by atoms with E-state index in [4.69, 9.17) is 9.84 Å². The quantitative estimate of drug-likeness (QED) is 0.655. The van der Waals surface area contributed by atoms with E-state index in [1.807, 2.05) is 0 Å². The van der Waals surface area contributed by atoms with Crippen molar-refractivity contribution in [1.82, 2.24) is 10.2 Å². The van der Waals surface area contributed by atoms with Crippen LogP contribution in [0.25, 0.3) is 0 Å². The van der Waals surface area contributed by atoms with Gasteiger partial charge in [-0.15, -0.1) is 0 Å². The minimum absolute atomic E-state index is 0.0546. The highest BCUT2D eigenvalue weighted by atomic mass is 16.5. The molecule has 1 saturated heterocycles. The van der Waals surface area contributed by atoms with E-state index in [0.717, 1.165) is 32.3 Å². The lowest BCUT2D eigenvalue weighted by molar-refractivity contribution is -0.137. The SMILES string of the molecule is CN(C(=O)NCCCCCCC(=O)O)C1CCOC1. The van der Waals surface area contributed by atoms with E-state index in [1.54, 1.807) is 11.9 Å². The van der Waals surface area contributed by atoms with Gasteiger partial charge in [-0.3, -0.25) is 4.79 Å². The van der Waals surface area contributed by atoms with E-state index in [1.165, 1.54) is 0 Å². The molecular weight excluding hydrogens is 248 g/mol. The van der Waals surface area contributed by atoms with Crippen molar-refractivity contribution < 1.29 is 19.4 Å². The fourth-order valence-electron chi connectivity index (χ4n) is 2.07. The number of unbranched alkanes of at least 4 members (excludes halogenated alkanes) is 3. The molecule has 6 heteroatoms. The van der Waals surface area contributed by atoms with Gasteiger partial charge in [-0.05, 0) is 19.3 Å². The van der Waals surface area contributed by atoms with Gasteiger partial charge >= 0.3 is 12.0 Å². The van der Waals surface area contributed by atoms with Crippen LogP contribution in [0, 0.1) is 0 Å². The Balaban J connectivity index is 1.99. The van der Waals surface area contributed by atoms with E-state index in [2.05, 4.69) is 5.32 Å². The summed E-state index contributed by atoms with van der Waals surface area (Å²) in [5.41, 5.74) is 0. The zero-order valence-electron chi connectivity index (χ0n) is 11.6. The molecule has 19 heavy (non-hydrogen) atoms. The molecule has 110 valence electrons. The number of amides is 2. The van der Waals surface area contributed by atoms with E-state index in [9.17, 15) is 9.59 Å². The number of nitrogens with zero attached hydrogens (tertiary/aromatic N) is 1. The number of nitrogens with one attached hydrogen (secondary N) is 1. The van der Waals surface area contributed by atoms with Crippen LogP contribution in [-0.2, 0) is 9.53 Å². The fourth-order valence-corrected chi connectivity index (χ4v) is 2.07. The maximum atomic E-state index is 11.8. The van der Waals surface area contributed by atoms with Gasteiger partial charge < -0.3 is 20.1 Å². The molecule has 0 radical (unpaired) electrons. The summed E-state index contributed by atoms with van der Waals surface area (Å²) in [6, 6.07) is 0.136. The number of carbonyl (C=O) groups excluding carboxylic acids is 1. The zero-order chi connectivity index (χ0) is 14.1. The molecule has 1 aliphatic heterocycles. The van der Waals surface area contributed by atoms with Crippen LogP contribution < -0.4 is 5.32 Å². The van der Waals surface area contributed by atoms with E-state index in [-0.39, 0.29) is 18.5 Å². The molecule has 0 spiro atoms. The maximum Gasteiger partial charge on any atom is 0.317 e. The lowest BCUT2D eigenvalue weighted by Gasteiger charge is -2.23. The van der Waals surface area contributed by atoms with Crippen LogP contribution in [0.5, 0.6) is 0 Å². The van der Waals surface area contributed by atoms with E-state index in [0.29, 0.717) is 19.6 Å². The fraction of sp³-hybridized carbons (Fsp3) is 0.846. The van der Waals surface area contributed by atoms with Gasteiger partial charge in [0.2, 0.25) is 0 Å². The molecule has 1 fully saturated rings. The van der Waals surface area contributed by atoms with Crippen molar-refractivity contribution >= 4 is 12.0 Å². The lowest BCUT2D eigenvalue weighted by Crippen LogP contribution is -2.44. The van der Waals surface area contributed by atoms with Crippen molar-refractivity contribution in [2.75, 3.05) is 26.8 Å². The van der Waals surface area contributed by atoms with Gasteiger partial charge in [0.25, 0.3) is 0 Å². The van der Waals surface area contributed by atoms with Crippen molar-refractivity contribution in [3.05, 3.63) is 0 Å². The maximum absolute atomic E-state index is 11.8. The summed E-state index contributed by atoms with van der Waals surface area (Å²) in [5.74, 6) is -0.742. The number of hydrogen-bond donors (Lipinski definition) is 2. The molecule has 0 aromatic carbocycles. The van der Waals surface area contributed by atoms with Crippen LogP contribution in [0.3, 0.4) is 0 Å². The Morgan fingerprint density at radius 1 is 1.32 bits per heavy atom. The molecule has 0 bridgehead atoms. The molecule has 0 aromatic rings. The molecule has 2 N–H and O–H groups in total. The second-order valence-corrected chi connectivity index (χ2v) is 4.92. The van der Waals surface area contributed by atoms with Gasteiger partial charge in [-0.2, -0.15) is 0 Å². The highest BCUT2D eigenvalue weighted by Gasteiger charge is 2.23. The average molecular weight is 272 g/mol. The zero-order valence-corrected chi connectivity index (χ0v) is 11.6. The molecule has 1 aliphatic rings. The van der Waals surface area contributed by atoms with Crippen LogP contribution in [0.1, 0.15) is 38.5 Å². The van der Waals surface area contributed by atoms with Gasteiger partial charge in [-0.25, -0.2) is 4.79 Å². The van der Waals surface area contributed by atoms with Crippen LogP contribution in [-0.4, -0.2) is 54.9 Å². The van der Waals surface area contributed by atoms with Crippen LogP contribution >= 0.6 is 0 Å². The summed E-state index contributed by atoms with van der Waals surface area (Å²) < 4.78 is 5.25. The monoisotopic (exact) mass is 272 g/mol. The highest BCUT2D eigenvalue weighted by molar-refractivity contribution is 5.74. The summed E-state index contributed by atoms with van der Waals surface area (Å²) >= 11 is 0. The van der Waals surface area contributed by atoms with Crippen molar-refractivity contribution in [3.63, 3.8) is 0 Å². The molecule has 1 rings (SSSR count). The molecule has 1 unspecified atom stereocenters. The van der Waals surface area contributed by atoms with Crippen molar-refractivity contribution in [3.8, 4) is 0 Å². The molecule has 0 aromatic heterocycles. The van der Waals surface area contributed by atoms with Gasteiger partial charge in [-0.1, -0.05) is 12.8 Å². The third kappa shape index (κ3) is 6.42. The molecule has 0 saturated carbocycles. The van der Waals surface area contributed by atoms with E-state index >= 15 is 0 Å². The first-order chi connectivity index (χ1) is 9.11. The van der Waals surface area contributed by atoms with Crippen molar-refractivity contribution in [1.29, 1.82) is 0 Å². The second-order valence-electron chi connectivity index (χ2n) is 4.92. The van der Waals surface area contributed by atoms with Crippen LogP contribution in [0.2, 0.25) is 0 Å². The molecule has 0 aliphatic carbocycles. The van der Waals surface area contributed by atoms with Gasteiger partial charge in [0.1, 0.15) is 0 Å². The van der Waals surface area contributed by atoms with E-state index < -0.39 is 5.97 Å². The number of ether oxygens (including phenoxy) is 1. The van der Waals surface area contributed by atoms with Gasteiger partial charge in [0, 0.05) is 26.6 Å². The third-order valence-corrected chi connectivity index (χ3v) is 3.37. The average Bonchev–Trinajstić information content (AvgIpc) is 2.89. The first kappa shape index (κ1) is 15.8. The molecule has 2 amide bonds. The Morgan fingerprint density at radius 2 is 2.05 bits per heavy atom. The van der Waals surface area contributed by atoms with Crippen molar-refractivity contribution in [2.45, 2.75) is 44.6 Å². The number of carboxylic acid groups (broad SMARTS) is 1. The summed E-state index contributed by atoms with van der Waals surface area (Å²) in [4.78, 5) is 23.8. The molecular formula is C13H24N2O4. The number of carboxylic acids is 1. The summed E-state index contributed by atoms with van der Waals surface area (Å²) in [7, 11) is 1.79. The number of carbonyl (C=O) groups is 2. The summed E-state index contributed by atoms with van der Waals surface area (Å²) in [6.07, 6.45) is 4.58. The van der Waals surface area contributed by atoms with Crippen LogP contribution in [0.15, 0.2) is 0 Å². The summed E-state index contributed by atoms with van der Waals surface area (Å²) in [5, 5.41) is 11.4. The number of likely N-dealkylation sites (N-methyl/N-ethyl adjacent to an activating group) is 1. The van der Waals surface area contributed by atoms with Gasteiger partial charge in [0.15, 0.2) is 0 Å². The Bertz CT molecular complexity index is 290. The largest absolute Gasteiger partial charge is 0.481 e. The number of hydrogen-bond acceptors (Lipinski definition) is 3. The third-order valence-electron chi connectivity index (χ3n) is 3.37. The minimum Gasteiger partial charge on any atom is -0.481 e.